The van der Waals surface area contributed by atoms with Crippen molar-refractivity contribution in [1.29, 1.82) is 0 Å². The Morgan fingerprint density at radius 1 is 0.957 bits per heavy atom. The summed E-state index contributed by atoms with van der Waals surface area (Å²) in [5.74, 6) is -0.432. The maximum Gasteiger partial charge on any atom is 0.253 e. The molecule has 5 nitrogen and oxygen atoms in total. The number of carbonyl (C=O) groups is 3. The normalized spacial score (nSPS) is 13.7. The Bertz CT molecular complexity index is 563. The number of unbranched alkanes of at least 4 members (excludes halogenated alkanes) is 2. The van der Waals surface area contributed by atoms with Gasteiger partial charge in [-0.2, -0.15) is 0 Å². The first-order valence-electron chi connectivity index (χ1n) is 8.01. The predicted octanol–water partition coefficient (Wildman–Crippen LogP) is 1.83. The zero-order chi connectivity index (χ0) is 16.5. The number of nitrogens with one attached hydrogen (secondary N) is 1. The first-order valence-corrected chi connectivity index (χ1v) is 8.01. The van der Waals surface area contributed by atoms with Crippen LogP contribution in [-0.4, -0.2) is 35.7 Å². The van der Waals surface area contributed by atoms with E-state index < -0.39 is 0 Å². The molecule has 0 atom stereocenters. The summed E-state index contributed by atoms with van der Waals surface area (Å²) in [5.41, 5.74) is 1.21. The van der Waals surface area contributed by atoms with Gasteiger partial charge in [0.05, 0.1) is 0 Å². The lowest BCUT2D eigenvalue weighted by Crippen LogP contribution is -2.30. The summed E-state index contributed by atoms with van der Waals surface area (Å²) in [4.78, 5) is 35.6. The molecule has 0 saturated carbocycles. The van der Waals surface area contributed by atoms with Crippen molar-refractivity contribution >= 4 is 17.7 Å². The van der Waals surface area contributed by atoms with Crippen molar-refractivity contribution in [3.8, 4) is 0 Å². The highest BCUT2D eigenvalue weighted by molar-refractivity contribution is 6.12. The lowest BCUT2D eigenvalue weighted by atomic mass is 10.1. The van der Waals surface area contributed by atoms with Crippen LogP contribution in [0, 0.1) is 0 Å². The highest BCUT2D eigenvalue weighted by Crippen LogP contribution is 2.07. The number of hydrogen-bond donors (Lipinski definition) is 1. The molecular weight excluding hydrogens is 292 g/mol. The summed E-state index contributed by atoms with van der Waals surface area (Å²) in [6, 6.07) is 10.0. The highest BCUT2D eigenvalue weighted by atomic mass is 16.2. The van der Waals surface area contributed by atoms with Gasteiger partial charge in [0.1, 0.15) is 0 Å². The van der Waals surface area contributed by atoms with Gasteiger partial charge in [0, 0.05) is 31.7 Å². The van der Waals surface area contributed by atoms with Crippen LogP contribution in [0.25, 0.3) is 0 Å². The standard InChI is InChI=1S/C18H22N2O3/c21-16(19-13-12-15-7-3-1-4-8-15)9-5-2-6-14-20-17(22)10-11-18(20)23/h1,3-4,7-8,10-11H,2,5-6,9,12-14H2,(H,19,21). The largest absolute Gasteiger partial charge is 0.356 e. The monoisotopic (exact) mass is 314 g/mol. The van der Waals surface area contributed by atoms with E-state index in [0.717, 1.165) is 25.7 Å². The summed E-state index contributed by atoms with van der Waals surface area (Å²) in [6.07, 6.45) is 6.22. The number of nitrogens with zero attached hydrogens (tertiary/aromatic N) is 1. The molecule has 5 heteroatoms. The molecule has 1 aromatic carbocycles. The van der Waals surface area contributed by atoms with Gasteiger partial charge in [0.15, 0.2) is 0 Å². The second-order valence-electron chi connectivity index (χ2n) is 5.56. The van der Waals surface area contributed by atoms with Crippen LogP contribution < -0.4 is 5.32 Å². The van der Waals surface area contributed by atoms with E-state index in [0.29, 0.717) is 19.5 Å². The fraction of sp³-hybridized carbons (Fsp3) is 0.389. The molecular formula is C18H22N2O3. The lowest BCUT2D eigenvalue weighted by Gasteiger charge is -2.13. The molecule has 0 bridgehead atoms. The third kappa shape index (κ3) is 5.70. The predicted molar refractivity (Wildman–Crippen MR) is 87.5 cm³/mol. The SMILES string of the molecule is O=C(CCCCCN1C(=O)C=CC1=O)NCCc1ccccc1. The summed E-state index contributed by atoms with van der Waals surface area (Å²) >= 11 is 0. The van der Waals surface area contributed by atoms with Crippen LogP contribution in [0.1, 0.15) is 31.2 Å². The Kier molecular flexibility index (Phi) is 6.54. The summed E-state index contributed by atoms with van der Waals surface area (Å²) in [5, 5.41) is 2.91. The Morgan fingerprint density at radius 2 is 1.65 bits per heavy atom. The molecule has 0 fully saturated rings. The van der Waals surface area contributed by atoms with Crippen molar-refractivity contribution < 1.29 is 14.4 Å². The summed E-state index contributed by atoms with van der Waals surface area (Å²) in [6.45, 7) is 1.07. The minimum absolute atomic E-state index is 0.0518. The maximum absolute atomic E-state index is 11.7. The van der Waals surface area contributed by atoms with Crippen molar-refractivity contribution in [3.05, 3.63) is 48.0 Å². The molecule has 0 spiro atoms. The van der Waals surface area contributed by atoms with E-state index in [1.807, 2.05) is 30.3 Å². The van der Waals surface area contributed by atoms with Gasteiger partial charge in [0.25, 0.3) is 11.8 Å². The molecule has 3 amide bonds. The lowest BCUT2D eigenvalue weighted by molar-refractivity contribution is -0.136. The molecule has 1 aliphatic rings. The highest BCUT2D eigenvalue weighted by Gasteiger charge is 2.22. The van der Waals surface area contributed by atoms with Crippen LogP contribution in [-0.2, 0) is 20.8 Å². The third-order valence-corrected chi connectivity index (χ3v) is 3.76. The quantitative estimate of drug-likeness (QED) is 0.558. The molecule has 0 saturated heterocycles. The average molecular weight is 314 g/mol. The molecule has 1 N–H and O–H groups in total. The second-order valence-corrected chi connectivity index (χ2v) is 5.56. The Morgan fingerprint density at radius 3 is 2.35 bits per heavy atom. The number of hydrogen-bond acceptors (Lipinski definition) is 3. The van der Waals surface area contributed by atoms with E-state index in [1.165, 1.54) is 22.6 Å². The first-order chi connectivity index (χ1) is 11.2. The Labute approximate surface area is 136 Å². The van der Waals surface area contributed by atoms with Gasteiger partial charge in [-0.3, -0.25) is 19.3 Å². The van der Waals surface area contributed by atoms with Crippen LogP contribution in [0.3, 0.4) is 0 Å². The van der Waals surface area contributed by atoms with E-state index in [9.17, 15) is 14.4 Å². The van der Waals surface area contributed by atoms with Crippen LogP contribution in [0.5, 0.6) is 0 Å². The van der Waals surface area contributed by atoms with Gasteiger partial charge in [-0.05, 0) is 24.8 Å². The Balaban J connectivity index is 1.50. The average Bonchev–Trinajstić information content (AvgIpc) is 2.87. The van der Waals surface area contributed by atoms with E-state index >= 15 is 0 Å². The maximum atomic E-state index is 11.7. The topological polar surface area (TPSA) is 66.5 Å². The fourth-order valence-electron chi connectivity index (χ4n) is 2.46. The number of carbonyl (C=O) groups excluding carboxylic acids is 3. The zero-order valence-electron chi connectivity index (χ0n) is 13.2. The van der Waals surface area contributed by atoms with E-state index in [1.54, 1.807) is 0 Å². The molecule has 0 unspecified atom stereocenters. The summed E-state index contributed by atoms with van der Waals surface area (Å²) in [7, 11) is 0. The van der Waals surface area contributed by atoms with Gasteiger partial charge < -0.3 is 5.32 Å². The van der Waals surface area contributed by atoms with Crippen molar-refractivity contribution in [1.82, 2.24) is 10.2 Å². The zero-order valence-corrected chi connectivity index (χ0v) is 13.2. The number of benzene rings is 1. The summed E-state index contributed by atoms with van der Waals surface area (Å²) < 4.78 is 0. The van der Waals surface area contributed by atoms with Gasteiger partial charge in [-0.1, -0.05) is 36.8 Å². The second kappa shape index (κ2) is 8.88. The number of amides is 3. The molecule has 23 heavy (non-hydrogen) atoms. The Hall–Kier alpha value is -2.43. The van der Waals surface area contributed by atoms with Gasteiger partial charge >= 0.3 is 0 Å². The van der Waals surface area contributed by atoms with Gasteiger partial charge in [0.2, 0.25) is 5.91 Å². The molecule has 1 aromatic rings. The third-order valence-electron chi connectivity index (χ3n) is 3.76. The molecule has 0 aliphatic carbocycles. The first kappa shape index (κ1) is 16.9. The number of imide groups is 1. The van der Waals surface area contributed by atoms with E-state index in [2.05, 4.69) is 5.32 Å². The van der Waals surface area contributed by atoms with Crippen LogP contribution in [0.15, 0.2) is 42.5 Å². The molecule has 0 radical (unpaired) electrons. The van der Waals surface area contributed by atoms with Crippen LogP contribution >= 0.6 is 0 Å². The minimum Gasteiger partial charge on any atom is -0.356 e. The molecule has 1 heterocycles. The van der Waals surface area contributed by atoms with Crippen LogP contribution in [0.4, 0.5) is 0 Å². The molecule has 122 valence electrons. The molecule has 2 rings (SSSR count). The molecule has 1 aliphatic heterocycles. The van der Waals surface area contributed by atoms with Crippen molar-refractivity contribution in [3.63, 3.8) is 0 Å². The van der Waals surface area contributed by atoms with Gasteiger partial charge in [-0.15, -0.1) is 0 Å². The van der Waals surface area contributed by atoms with Crippen molar-refractivity contribution in [2.45, 2.75) is 32.1 Å². The number of rotatable bonds is 9. The van der Waals surface area contributed by atoms with Crippen molar-refractivity contribution in [2.24, 2.45) is 0 Å². The smallest absolute Gasteiger partial charge is 0.253 e. The van der Waals surface area contributed by atoms with E-state index in [-0.39, 0.29) is 17.7 Å². The van der Waals surface area contributed by atoms with E-state index in [4.69, 9.17) is 0 Å². The van der Waals surface area contributed by atoms with Crippen molar-refractivity contribution in [2.75, 3.05) is 13.1 Å². The van der Waals surface area contributed by atoms with Gasteiger partial charge in [-0.25, -0.2) is 0 Å². The minimum atomic E-state index is -0.242. The molecule has 0 aromatic heterocycles. The van der Waals surface area contributed by atoms with Crippen LogP contribution in [0.2, 0.25) is 0 Å². The fourth-order valence-corrected chi connectivity index (χ4v) is 2.46.